The smallest absolute Gasteiger partial charge is 0.349 e. The highest BCUT2D eigenvalue weighted by atomic mass is 16.6. The fourth-order valence-electron chi connectivity index (χ4n) is 3.36. The minimum atomic E-state index is -2.17. The Morgan fingerprint density at radius 3 is 1.66 bits per heavy atom. The van der Waals surface area contributed by atoms with Crippen molar-refractivity contribution >= 4 is 29.5 Å². The Balaban J connectivity index is 1.96. The minimum Gasteiger partial charge on any atom is -0.497 e. The van der Waals surface area contributed by atoms with Crippen molar-refractivity contribution in [1.29, 1.82) is 0 Å². The van der Waals surface area contributed by atoms with E-state index in [2.05, 4.69) is 5.32 Å². The second-order valence-corrected chi connectivity index (χ2v) is 8.28. The second-order valence-electron chi connectivity index (χ2n) is 8.28. The van der Waals surface area contributed by atoms with E-state index >= 15 is 0 Å². The molecule has 198 valence electrons. The van der Waals surface area contributed by atoms with Crippen LogP contribution in [0.5, 0.6) is 11.5 Å². The van der Waals surface area contributed by atoms with Gasteiger partial charge in [0.25, 0.3) is 5.91 Å². The summed E-state index contributed by atoms with van der Waals surface area (Å²) in [7, 11) is 2.79. The van der Waals surface area contributed by atoms with Gasteiger partial charge in [0.1, 0.15) is 11.5 Å². The van der Waals surface area contributed by atoms with E-state index in [1.807, 2.05) is 13.8 Å². The molecule has 0 heterocycles. The van der Waals surface area contributed by atoms with Crippen molar-refractivity contribution in [2.24, 2.45) is 0 Å². The molecule has 0 spiro atoms. The summed E-state index contributed by atoms with van der Waals surface area (Å²) < 4.78 is 20.9. The average Bonchev–Trinajstić information content (AvgIpc) is 2.90. The number of hydrogen-bond acceptors (Lipinski definition) is 8. The Hall–Kier alpha value is -4.86. The fourth-order valence-corrected chi connectivity index (χ4v) is 3.36. The Morgan fingerprint density at radius 1 is 0.711 bits per heavy atom. The van der Waals surface area contributed by atoms with Crippen LogP contribution in [0.15, 0.2) is 66.7 Å². The number of aryl methyl sites for hydroxylation is 2. The maximum absolute atomic E-state index is 13.4. The molecule has 0 aromatic heterocycles. The highest BCUT2D eigenvalue weighted by Gasteiger charge is 2.41. The van der Waals surface area contributed by atoms with Crippen LogP contribution in [0.4, 0.5) is 5.69 Å². The van der Waals surface area contributed by atoms with Crippen LogP contribution >= 0.6 is 0 Å². The number of esters is 2. The molecule has 0 unspecified atom stereocenters. The van der Waals surface area contributed by atoms with Crippen molar-refractivity contribution in [3.05, 3.63) is 89.0 Å². The van der Waals surface area contributed by atoms with Gasteiger partial charge < -0.3 is 29.4 Å². The molecular weight excluding hydrogens is 494 g/mol. The van der Waals surface area contributed by atoms with E-state index in [-0.39, 0.29) is 22.6 Å². The van der Waals surface area contributed by atoms with Crippen LogP contribution in [0.25, 0.3) is 0 Å². The number of anilines is 1. The molecule has 10 heteroatoms. The first-order chi connectivity index (χ1) is 18.1. The number of aliphatic carboxylic acids is 1. The van der Waals surface area contributed by atoms with Gasteiger partial charge in [-0.1, -0.05) is 35.4 Å². The highest BCUT2D eigenvalue weighted by Crippen LogP contribution is 2.29. The number of nitrogens with one attached hydrogen (secondary N) is 1. The molecule has 2 atom stereocenters. The van der Waals surface area contributed by atoms with Crippen LogP contribution in [0.1, 0.15) is 31.8 Å². The third-order valence-corrected chi connectivity index (χ3v) is 5.48. The number of ether oxygens (including phenoxy) is 4. The van der Waals surface area contributed by atoms with E-state index < -0.39 is 36.0 Å². The summed E-state index contributed by atoms with van der Waals surface area (Å²) >= 11 is 0. The molecule has 2 N–H and O–H groups in total. The van der Waals surface area contributed by atoms with Gasteiger partial charge in [-0.15, -0.1) is 0 Å². The lowest BCUT2D eigenvalue weighted by Gasteiger charge is -2.24. The second kappa shape index (κ2) is 12.4. The lowest BCUT2D eigenvalue weighted by molar-refractivity contribution is -0.157. The standard InChI is InChI=1S/C28H27NO9/c1-16-5-9-18(10-6-16)27(33)37-23(25(30)29-21-15-20(35-3)13-14-22(21)36-4)24(26(31)32)38-28(34)19-11-7-17(2)8-12-19/h5-15,23-24H,1-4H3,(H,29,30)(H,31,32)/t23-,24-/m0/s1. The van der Waals surface area contributed by atoms with Gasteiger partial charge in [-0.3, -0.25) is 4.79 Å². The predicted octanol–water partition coefficient (Wildman–Crippen LogP) is 3.79. The van der Waals surface area contributed by atoms with Gasteiger partial charge in [0.2, 0.25) is 12.2 Å². The molecule has 38 heavy (non-hydrogen) atoms. The summed E-state index contributed by atoms with van der Waals surface area (Å²) in [5, 5.41) is 12.4. The van der Waals surface area contributed by atoms with Crippen LogP contribution < -0.4 is 14.8 Å². The number of carbonyl (C=O) groups excluding carboxylic acids is 3. The van der Waals surface area contributed by atoms with Crippen molar-refractivity contribution in [3.63, 3.8) is 0 Å². The SMILES string of the molecule is COc1ccc(OC)c(NC(=O)[C@@H](OC(=O)c2ccc(C)cc2)[C@H](OC(=O)c2ccc(C)cc2)C(=O)O)c1. The quantitative estimate of drug-likeness (QED) is 0.382. The van der Waals surface area contributed by atoms with Crippen LogP contribution in [-0.4, -0.2) is 55.3 Å². The number of hydrogen-bond donors (Lipinski definition) is 2. The van der Waals surface area contributed by atoms with E-state index in [4.69, 9.17) is 18.9 Å². The van der Waals surface area contributed by atoms with Crippen LogP contribution in [0.3, 0.4) is 0 Å². The zero-order chi connectivity index (χ0) is 27.8. The van der Waals surface area contributed by atoms with Crippen LogP contribution in [0, 0.1) is 13.8 Å². The zero-order valence-electron chi connectivity index (χ0n) is 21.2. The van der Waals surface area contributed by atoms with E-state index in [1.165, 1.54) is 50.6 Å². The fraction of sp³-hybridized carbons (Fsp3) is 0.214. The summed E-state index contributed by atoms with van der Waals surface area (Å²) in [4.78, 5) is 51.2. The number of methoxy groups -OCH3 is 2. The van der Waals surface area contributed by atoms with Crippen LogP contribution in [0.2, 0.25) is 0 Å². The molecular formula is C28H27NO9. The van der Waals surface area contributed by atoms with Crippen molar-refractivity contribution in [2.75, 3.05) is 19.5 Å². The maximum atomic E-state index is 13.4. The van der Waals surface area contributed by atoms with Gasteiger partial charge in [0.15, 0.2) is 0 Å². The van der Waals surface area contributed by atoms with Gasteiger partial charge in [0, 0.05) is 6.07 Å². The Bertz CT molecular complexity index is 1320. The van der Waals surface area contributed by atoms with Gasteiger partial charge >= 0.3 is 17.9 Å². The molecule has 0 radical (unpaired) electrons. The monoisotopic (exact) mass is 521 g/mol. The van der Waals surface area contributed by atoms with Gasteiger partial charge in [0.05, 0.1) is 31.0 Å². The maximum Gasteiger partial charge on any atom is 0.349 e. The van der Waals surface area contributed by atoms with Crippen molar-refractivity contribution in [1.82, 2.24) is 0 Å². The van der Waals surface area contributed by atoms with Crippen LogP contribution in [-0.2, 0) is 19.1 Å². The Kier molecular flexibility index (Phi) is 9.04. The Morgan fingerprint density at radius 2 is 1.21 bits per heavy atom. The molecule has 0 fully saturated rings. The lowest BCUT2D eigenvalue weighted by Crippen LogP contribution is -2.48. The summed E-state index contributed by atoms with van der Waals surface area (Å²) in [5.41, 5.74) is 1.98. The normalized spacial score (nSPS) is 12.0. The number of amides is 1. The topological polar surface area (TPSA) is 137 Å². The number of rotatable bonds is 10. The molecule has 3 aromatic rings. The molecule has 0 aliphatic carbocycles. The molecule has 3 rings (SSSR count). The van der Waals surface area contributed by atoms with Crippen molar-refractivity contribution in [2.45, 2.75) is 26.1 Å². The predicted molar refractivity (Wildman–Crippen MR) is 137 cm³/mol. The lowest BCUT2D eigenvalue weighted by atomic mass is 10.1. The first-order valence-corrected chi connectivity index (χ1v) is 11.4. The first kappa shape index (κ1) is 27.7. The number of benzene rings is 3. The summed E-state index contributed by atoms with van der Waals surface area (Å²) in [6.45, 7) is 3.63. The number of carbonyl (C=O) groups is 4. The molecule has 0 saturated carbocycles. The average molecular weight is 522 g/mol. The first-order valence-electron chi connectivity index (χ1n) is 11.4. The van der Waals surface area contributed by atoms with E-state index in [9.17, 15) is 24.3 Å². The molecule has 10 nitrogen and oxygen atoms in total. The largest absolute Gasteiger partial charge is 0.497 e. The molecule has 0 aliphatic heterocycles. The molecule has 3 aromatic carbocycles. The van der Waals surface area contributed by atoms with Gasteiger partial charge in [-0.2, -0.15) is 0 Å². The van der Waals surface area contributed by atoms with Crippen molar-refractivity contribution < 1.29 is 43.2 Å². The Labute approximate surface area is 219 Å². The minimum absolute atomic E-state index is 0.0559. The summed E-state index contributed by atoms with van der Waals surface area (Å²) in [5.74, 6) is -4.16. The molecule has 1 amide bonds. The zero-order valence-corrected chi connectivity index (χ0v) is 21.2. The van der Waals surface area contributed by atoms with Gasteiger partial charge in [-0.25, -0.2) is 14.4 Å². The van der Waals surface area contributed by atoms with E-state index in [0.717, 1.165) is 11.1 Å². The number of carboxylic acid groups (broad SMARTS) is 1. The van der Waals surface area contributed by atoms with E-state index in [1.54, 1.807) is 30.3 Å². The van der Waals surface area contributed by atoms with E-state index in [0.29, 0.717) is 5.75 Å². The van der Waals surface area contributed by atoms with Crippen molar-refractivity contribution in [3.8, 4) is 11.5 Å². The molecule has 0 saturated heterocycles. The molecule has 0 bridgehead atoms. The number of carboxylic acids is 1. The molecule has 0 aliphatic rings. The van der Waals surface area contributed by atoms with Gasteiger partial charge in [-0.05, 0) is 50.2 Å². The third kappa shape index (κ3) is 6.88. The summed E-state index contributed by atoms with van der Waals surface area (Å²) in [6.07, 6.45) is -4.23. The third-order valence-electron chi connectivity index (χ3n) is 5.48. The highest BCUT2D eigenvalue weighted by molar-refractivity contribution is 6.02. The summed E-state index contributed by atoms with van der Waals surface area (Å²) in [6, 6.07) is 17.0.